The zero-order chi connectivity index (χ0) is 15.3. The minimum atomic E-state index is -0.951. The van der Waals surface area contributed by atoms with E-state index in [4.69, 9.17) is 0 Å². The van der Waals surface area contributed by atoms with Crippen LogP contribution in [0.5, 0.6) is 0 Å². The molecule has 0 unspecified atom stereocenters. The van der Waals surface area contributed by atoms with Crippen molar-refractivity contribution in [2.75, 3.05) is 5.32 Å². The molecule has 0 heterocycles. The van der Waals surface area contributed by atoms with E-state index < -0.39 is 11.6 Å². The molecule has 118 valence electrons. The molecule has 4 bridgehead atoms. The quantitative estimate of drug-likeness (QED) is 0.850. The van der Waals surface area contributed by atoms with Gasteiger partial charge in [0.25, 0.3) is 0 Å². The molecule has 0 atom stereocenters. The van der Waals surface area contributed by atoms with Crippen LogP contribution in [0.2, 0.25) is 0 Å². The van der Waals surface area contributed by atoms with Crippen molar-refractivity contribution in [3.8, 4) is 0 Å². The normalized spacial score (nSPS) is 35.5. The van der Waals surface area contributed by atoms with Crippen LogP contribution in [0.3, 0.4) is 0 Å². The molecule has 0 spiro atoms. The fourth-order valence-corrected chi connectivity index (χ4v) is 5.24. The van der Waals surface area contributed by atoms with Crippen molar-refractivity contribution < 1.29 is 13.6 Å². The van der Waals surface area contributed by atoms with E-state index in [1.165, 1.54) is 25.3 Å². The number of carbonyl (C=O) groups is 1. The molecule has 4 fully saturated rings. The molecule has 0 aromatic heterocycles. The Morgan fingerprint density at radius 3 is 2.14 bits per heavy atom. The van der Waals surface area contributed by atoms with Crippen LogP contribution in [0.15, 0.2) is 18.2 Å². The molecule has 0 aliphatic heterocycles. The van der Waals surface area contributed by atoms with Crippen LogP contribution in [-0.4, -0.2) is 11.6 Å². The van der Waals surface area contributed by atoms with Crippen molar-refractivity contribution in [2.45, 2.75) is 44.1 Å². The van der Waals surface area contributed by atoms with Crippen LogP contribution < -0.4 is 10.6 Å². The first-order valence-corrected chi connectivity index (χ1v) is 8.06. The lowest BCUT2D eigenvalue weighted by molar-refractivity contribution is -0.0127. The SMILES string of the molecule is O=C(Nc1ccc(F)c(F)c1)NC12CC3CC(CC(C3)C1)C2. The molecule has 3 nitrogen and oxygen atoms in total. The molecule has 2 amide bonds. The molecule has 0 saturated heterocycles. The predicted molar refractivity (Wildman–Crippen MR) is 79.4 cm³/mol. The zero-order valence-corrected chi connectivity index (χ0v) is 12.4. The van der Waals surface area contributed by atoms with Crippen LogP contribution >= 0.6 is 0 Å². The molecular weight excluding hydrogens is 286 g/mol. The maximum atomic E-state index is 13.2. The molecule has 0 radical (unpaired) electrons. The van der Waals surface area contributed by atoms with E-state index in [0.717, 1.165) is 49.1 Å². The minimum Gasteiger partial charge on any atom is -0.332 e. The monoisotopic (exact) mass is 306 g/mol. The second-order valence-electron chi connectivity index (χ2n) is 7.41. The van der Waals surface area contributed by atoms with Gasteiger partial charge in [0.2, 0.25) is 0 Å². The van der Waals surface area contributed by atoms with Crippen LogP contribution in [0.25, 0.3) is 0 Å². The number of hydrogen-bond acceptors (Lipinski definition) is 1. The third-order valence-corrected chi connectivity index (χ3v) is 5.59. The second-order valence-corrected chi connectivity index (χ2v) is 7.41. The first kappa shape index (κ1) is 14.0. The summed E-state index contributed by atoms with van der Waals surface area (Å²) in [6.07, 6.45) is 7.11. The molecule has 5 rings (SSSR count). The van der Waals surface area contributed by atoms with E-state index in [0.29, 0.717) is 0 Å². The van der Waals surface area contributed by atoms with E-state index in [-0.39, 0.29) is 17.3 Å². The summed E-state index contributed by atoms with van der Waals surface area (Å²) in [7, 11) is 0. The highest BCUT2D eigenvalue weighted by atomic mass is 19.2. The lowest BCUT2D eigenvalue weighted by atomic mass is 9.53. The fourth-order valence-electron chi connectivity index (χ4n) is 5.24. The second kappa shape index (κ2) is 4.93. The molecule has 1 aromatic carbocycles. The average Bonchev–Trinajstić information content (AvgIpc) is 2.40. The van der Waals surface area contributed by atoms with Gasteiger partial charge >= 0.3 is 6.03 Å². The maximum absolute atomic E-state index is 13.2. The topological polar surface area (TPSA) is 41.1 Å². The number of carbonyl (C=O) groups excluding carboxylic acids is 1. The van der Waals surface area contributed by atoms with Crippen molar-refractivity contribution in [2.24, 2.45) is 17.8 Å². The summed E-state index contributed by atoms with van der Waals surface area (Å²) in [5.41, 5.74) is 0.193. The summed E-state index contributed by atoms with van der Waals surface area (Å²) in [6.45, 7) is 0. The number of hydrogen-bond donors (Lipinski definition) is 2. The Balaban J connectivity index is 1.44. The summed E-state index contributed by atoms with van der Waals surface area (Å²) < 4.78 is 26.1. The highest BCUT2D eigenvalue weighted by Gasteiger charge is 2.51. The molecule has 4 aliphatic carbocycles. The Labute approximate surface area is 128 Å². The first-order chi connectivity index (χ1) is 10.5. The van der Waals surface area contributed by atoms with Gasteiger partial charge in [-0.1, -0.05) is 0 Å². The fraction of sp³-hybridized carbons (Fsp3) is 0.588. The summed E-state index contributed by atoms with van der Waals surface area (Å²) >= 11 is 0. The lowest BCUT2D eigenvalue weighted by Crippen LogP contribution is -2.60. The number of rotatable bonds is 2. The molecule has 4 aliphatic rings. The van der Waals surface area contributed by atoms with Crippen LogP contribution in [0, 0.1) is 29.4 Å². The Morgan fingerprint density at radius 1 is 1.00 bits per heavy atom. The number of urea groups is 1. The largest absolute Gasteiger partial charge is 0.332 e. The summed E-state index contributed by atoms with van der Waals surface area (Å²) in [4.78, 5) is 12.3. The van der Waals surface area contributed by atoms with E-state index in [2.05, 4.69) is 10.6 Å². The van der Waals surface area contributed by atoms with Gasteiger partial charge in [-0.25, -0.2) is 13.6 Å². The maximum Gasteiger partial charge on any atom is 0.319 e. The summed E-state index contributed by atoms with van der Waals surface area (Å²) in [5, 5.41) is 5.77. The molecule has 4 saturated carbocycles. The van der Waals surface area contributed by atoms with Gasteiger partial charge in [-0.3, -0.25) is 0 Å². The first-order valence-electron chi connectivity index (χ1n) is 8.06. The van der Waals surface area contributed by atoms with Gasteiger partial charge in [-0.2, -0.15) is 0 Å². The predicted octanol–water partition coefficient (Wildman–Crippen LogP) is 4.06. The van der Waals surface area contributed by atoms with Gasteiger partial charge in [-0.15, -0.1) is 0 Å². The third kappa shape index (κ3) is 2.46. The van der Waals surface area contributed by atoms with Crippen molar-refractivity contribution in [3.63, 3.8) is 0 Å². The van der Waals surface area contributed by atoms with Crippen LogP contribution in [-0.2, 0) is 0 Å². The Bertz CT molecular complexity index is 581. The average molecular weight is 306 g/mol. The molecule has 22 heavy (non-hydrogen) atoms. The standard InChI is InChI=1S/C17H20F2N2O/c18-14-2-1-13(6-15(14)19)20-16(22)21-17-7-10-3-11(8-17)5-12(4-10)9-17/h1-2,6,10-12H,3-5,7-9H2,(H2,20,21,22). The minimum absolute atomic E-state index is 0.0859. The zero-order valence-electron chi connectivity index (χ0n) is 12.4. The number of benzene rings is 1. The van der Waals surface area contributed by atoms with Gasteiger partial charge in [0.05, 0.1) is 0 Å². The molecule has 5 heteroatoms. The number of halogens is 2. The Kier molecular flexibility index (Phi) is 3.13. The lowest BCUT2D eigenvalue weighted by Gasteiger charge is -2.56. The Hall–Kier alpha value is -1.65. The van der Waals surface area contributed by atoms with Gasteiger partial charge in [0, 0.05) is 17.3 Å². The third-order valence-electron chi connectivity index (χ3n) is 5.59. The summed E-state index contributed by atoms with van der Waals surface area (Å²) in [6, 6.07) is 3.09. The highest BCUT2D eigenvalue weighted by Crippen LogP contribution is 2.55. The molecule has 2 N–H and O–H groups in total. The number of amides is 2. The van der Waals surface area contributed by atoms with Gasteiger partial charge in [0.1, 0.15) is 0 Å². The van der Waals surface area contributed by atoms with E-state index in [1.54, 1.807) is 0 Å². The number of nitrogens with one attached hydrogen (secondary N) is 2. The molecular formula is C17H20F2N2O. The Morgan fingerprint density at radius 2 is 1.59 bits per heavy atom. The van der Waals surface area contributed by atoms with Crippen molar-refractivity contribution in [1.29, 1.82) is 0 Å². The van der Waals surface area contributed by atoms with Crippen molar-refractivity contribution in [3.05, 3.63) is 29.8 Å². The van der Waals surface area contributed by atoms with Crippen molar-refractivity contribution in [1.82, 2.24) is 5.32 Å². The summed E-state index contributed by atoms with van der Waals surface area (Å²) in [5.74, 6) is 0.374. The van der Waals surface area contributed by atoms with E-state index in [1.807, 2.05) is 0 Å². The van der Waals surface area contributed by atoms with Gasteiger partial charge < -0.3 is 10.6 Å². The molecule has 1 aromatic rings. The van der Waals surface area contributed by atoms with E-state index in [9.17, 15) is 13.6 Å². The highest BCUT2D eigenvalue weighted by molar-refractivity contribution is 5.89. The van der Waals surface area contributed by atoms with Gasteiger partial charge in [0.15, 0.2) is 11.6 Å². The van der Waals surface area contributed by atoms with E-state index >= 15 is 0 Å². The van der Waals surface area contributed by atoms with Crippen LogP contribution in [0.1, 0.15) is 38.5 Å². The smallest absolute Gasteiger partial charge is 0.319 e. The van der Waals surface area contributed by atoms with Gasteiger partial charge in [-0.05, 0) is 68.4 Å². The van der Waals surface area contributed by atoms with Crippen molar-refractivity contribution >= 4 is 11.7 Å². The van der Waals surface area contributed by atoms with Crippen LogP contribution in [0.4, 0.5) is 19.3 Å². The number of anilines is 1.